The van der Waals surface area contributed by atoms with E-state index in [2.05, 4.69) is 31.6 Å². The number of sulfonamides is 1. The molecule has 0 bridgehead atoms. The van der Waals surface area contributed by atoms with Crippen LogP contribution in [0.2, 0.25) is 0 Å². The van der Waals surface area contributed by atoms with Gasteiger partial charge in [0.05, 0.1) is 5.75 Å². The number of hydrogen-bond acceptors (Lipinski definition) is 2. The first-order valence-electron chi connectivity index (χ1n) is 6.68. The highest BCUT2D eigenvalue weighted by Gasteiger charge is 2.15. The molecule has 0 fully saturated rings. The summed E-state index contributed by atoms with van der Waals surface area (Å²) in [6, 6.07) is -0.00597. The largest absolute Gasteiger partial charge is 0.212 e. The third-order valence-corrected chi connectivity index (χ3v) is 4.32. The fraction of sp³-hybridized carbons (Fsp3) is 0.857. The summed E-state index contributed by atoms with van der Waals surface area (Å²) < 4.78 is 26.2. The van der Waals surface area contributed by atoms with Crippen LogP contribution in [0, 0.1) is 11.3 Å². The lowest BCUT2D eigenvalue weighted by Gasteiger charge is -2.17. The van der Waals surface area contributed by atoms with Crippen molar-refractivity contribution >= 4 is 10.0 Å². The average molecular weight is 275 g/mol. The van der Waals surface area contributed by atoms with E-state index >= 15 is 0 Å². The fourth-order valence-corrected chi connectivity index (χ4v) is 2.66. The average Bonchev–Trinajstić information content (AvgIpc) is 2.14. The summed E-state index contributed by atoms with van der Waals surface area (Å²) in [6.45, 7) is 12.4. The van der Waals surface area contributed by atoms with Gasteiger partial charge in [-0.3, -0.25) is 0 Å². The van der Waals surface area contributed by atoms with Crippen molar-refractivity contribution in [3.63, 3.8) is 0 Å². The zero-order chi connectivity index (χ0) is 14.4. The van der Waals surface area contributed by atoms with Gasteiger partial charge in [-0.05, 0) is 31.1 Å². The summed E-state index contributed by atoms with van der Waals surface area (Å²) in [4.78, 5) is 0. The first kappa shape index (κ1) is 17.6. The van der Waals surface area contributed by atoms with Gasteiger partial charge in [-0.25, -0.2) is 13.1 Å². The third kappa shape index (κ3) is 9.66. The van der Waals surface area contributed by atoms with E-state index in [0.717, 1.165) is 6.42 Å². The Hall–Kier alpha value is -0.350. The minimum Gasteiger partial charge on any atom is -0.212 e. The fourth-order valence-electron chi connectivity index (χ4n) is 1.26. The van der Waals surface area contributed by atoms with Crippen LogP contribution in [0.1, 0.15) is 54.4 Å². The maximum absolute atomic E-state index is 11.8. The van der Waals surface area contributed by atoms with E-state index in [1.807, 2.05) is 26.8 Å². The number of allylic oxidation sites excluding steroid dienone is 2. The molecule has 1 N–H and O–H groups in total. The van der Waals surface area contributed by atoms with Crippen molar-refractivity contribution in [3.05, 3.63) is 12.2 Å². The highest BCUT2D eigenvalue weighted by Crippen LogP contribution is 2.18. The van der Waals surface area contributed by atoms with Crippen molar-refractivity contribution in [1.29, 1.82) is 0 Å². The molecular weight excluding hydrogens is 246 g/mol. The Kier molecular flexibility index (Phi) is 7.15. The molecule has 0 rings (SSSR count). The third-order valence-electron chi connectivity index (χ3n) is 2.82. The molecule has 108 valence electrons. The molecule has 4 heteroatoms. The van der Waals surface area contributed by atoms with Crippen molar-refractivity contribution in [1.82, 2.24) is 4.72 Å². The van der Waals surface area contributed by atoms with Gasteiger partial charge >= 0.3 is 0 Å². The van der Waals surface area contributed by atoms with E-state index in [0.29, 0.717) is 12.3 Å². The van der Waals surface area contributed by atoms with Crippen LogP contribution in [0.3, 0.4) is 0 Å². The quantitative estimate of drug-likeness (QED) is 0.724. The van der Waals surface area contributed by atoms with Crippen LogP contribution in [-0.2, 0) is 10.0 Å². The van der Waals surface area contributed by atoms with E-state index in [1.165, 1.54) is 0 Å². The van der Waals surface area contributed by atoms with E-state index in [9.17, 15) is 8.42 Å². The molecule has 18 heavy (non-hydrogen) atoms. The molecule has 0 amide bonds. The minimum atomic E-state index is -3.14. The van der Waals surface area contributed by atoms with Crippen molar-refractivity contribution in [2.45, 2.75) is 60.4 Å². The summed E-state index contributed by atoms with van der Waals surface area (Å²) in [5, 5.41) is 0. The number of nitrogens with one attached hydrogen (secondary N) is 1. The van der Waals surface area contributed by atoms with E-state index < -0.39 is 10.0 Å². The molecule has 0 aliphatic carbocycles. The highest BCUT2D eigenvalue weighted by molar-refractivity contribution is 7.89. The van der Waals surface area contributed by atoms with Crippen molar-refractivity contribution in [2.75, 3.05) is 5.75 Å². The summed E-state index contributed by atoms with van der Waals surface area (Å²) in [7, 11) is -3.14. The van der Waals surface area contributed by atoms with Crippen LogP contribution < -0.4 is 4.72 Å². The Labute approximate surface area is 113 Å². The Balaban J connectivity index is 4.06. The predicted octanol–water partition coefficient (Wildman–Crippen LogP) is 3.33. The summed E-state index contributed by atoms with van der Waals surface area (Å²) in [5.41, 5.74) is 0.264. The normalized spacial score (nSPS) is 15.5. The first-order valence-corrected chi connectivity index (χ1v) is 8.34. The van der Waals surface area contributed by atoms with Gasteiger partial charge in [-0.1, -0.05) is 46.8 Å². The molecular formula is C14H29NO2S. The molecule has 0 aromatic carbocycles. The van der Waals surface area contributed by atoms with Gasteiger partial charge < -0.3 is 0 Å². The van der Waals surface area contributed by atoms with Gasteiger partial charge in [0, 0.05) is 6.04 Å². The van der Waals surface area contributed by atoms with Crippen LogP contribution in [0.4, 0.5) is 0 Å². The summed E-state index contributed by atoms with van der Waals surface area (Å²) in [6.07, 6.45) is 5.59. The molecule has 0 radical (unpaired) electrons. The number of rotatable bonds is 7. The van der Waals surface area contributed by atoms with Crippen molar-refractivity contribution in [2.24, 2.45) is 11.3 Å². The molecule has 0 aromatic rings. The SMILES string of the molecule is CC(C)C(C)NS(=O)(=O)CC/C=C/CC(C)(C)C. The maximum Gasteiger partial charge on any atom is 0.212 e. The molecule has 0 spiro atoms. The molecule has 0 saturated heterocycles. The molecule has 0 aromatic heterocycles. The van der Waals surface area contributed by atoms with Crippen molar-refractivity contribution < 1.29 is 8.42 Å². The Morgan fingerprint density at radius 3 is 2.11 bits per heavy atom. The van der Waals surface area contributed by atoms with Crippen LogP contribution >= 0.6 is 0 Å². The van der Waals surface area contributed by atoms with Crippen LogP contribution in [0.5, 0.6) is 0 Å². The smallest absolute Gasteiger partial charge is 0.212 e. The molecule has 0 aliphatic heterocycles. The Morgan fingerprint density at radius 2 is 1.67 bits per heavy atom. The Bertz CT molecular complexity index is 350. The lowest BCUT2D eigenvalue weighted by Crippen LogP contribution is -2.37. The molecule has 1 atom stereocenters. The van der Waals surface area contributed by atoms with Gasteiger partial charge in [-0.15, -0.1) is 0 Å². The second-order valence-electron chi connectivity index (χ2n) is 6.49. The summed E-state index contributed by atoms with van der Waals surface area (Å²) >= 11 is 0. The van der Waals surface area contributed by atoms with E-state index in [-0.39, 0.29) is 17.2 Å². The zero-order valence-electron chi connectivity index (χ0n) is 12.7. The zero-order valence-corrected chi connectivity index (χ0v) is 13.5. The standard InChI is InChI=1S/C14H29NO2S/c1-12(2)13(3)15-18(16,17)11-9-7-8-10-14(4,5)6/h7-8,12-13,15H,9-11H2,1-6H3/b8-7+. The second-order valence-corrected chi connectivity index (χ2v) is 8.37. The van der Waals surface area contributed by atoms with Gasteiger partial charge in [0.15, 0.2) is 0 Å². The van der Waals surface area contributed by atoms with Gasteiger partial charge in [0.1, 0.15) is 0 Å². The van der Waals surface area contributed by atoms with Crippen LogP contribution in [-0.4, -0.2) is 20.2 Å². The van der Waals surface area contributed by atoms with Gasteiger partial charge in [0.2, 0.25) is 10.0 Å². The maximum atomic E-state index is 11.8. The summed E-state index contributed by atoms with van der Waals surface area (Å²) in [5.74, 6) is 0.487. The van der Waals surface area contributed by atoms with Crippen LogP contribution in [0.25, 0.3) is 0 Å². The van der Waals surface area contributed by atoms with Gasteiger partial charge in [0.25, 0.3) is 0 Å². The van der Waals surface area contributed by atoms with Crippen LogP contribution in [0.15, 0.2) is 12.2 Å². The molecule has 0 heterocycles. The van der Waals surface area contributed by atoms with E-state index in [1.54, 1.807) is 0 Å². The topological polar surface area (TPSA) is 46.2 Å². The first-order chi connectivity index (χ1) is 8.03. The molecule has 1 unspecified atom stereocenters. The lowest BCUT2D eigenvalue weighted by molar-refractivity contribution is 0.420. The molecule has 0 aliphatic rings. The van der Waals surface area contributed by atoms with E-state index in [4.69, 9.17) is 0 Å². The Morgan fingerprint density at radius 1 is 1.11 bits per heavy atom. The monoisotopic (exact) mass is 275 g/mol. The molecule has 3 nitrogen and oxygen atoms in total. The highest BCUT2D eigenvalue weighted by atomic mass is 32.2. The lowest BCUT2D eigenvalue weighted by atomic mass is 9.92. The number of hydrogen-bond donors (Lipinski definition) is 1. The van der Waals surface area contributed by atoms with Crippen molar-refractivity contribution in [3.8, 4) is 0 Å². The second kappa shape index (κ2) is 7.29. The minimum absolute atomic E-state index is 0.00597. The van der Waals surface area contributed by atoms with Gasteiger partial charge in [-0.2, -0.15) is 0 Å². The molecule has 0 saturated carbocycles. The predicted molar refractivity (Wildman–Crippen MR) is 79.1 cm³/mol.